The number of carbonyl (C=O) groups excluding carboxylic acids is 1. The molecule has 1 aliphatic rings. The zero-order chi connectivity index (χ0) is 12.3. The third kappa shape index (κ3) is 3.58. The Morgan fingerprint density at radius 3 is 2.69 bits per heavy atom. The van der Waals surface area contributed by atoms with Crippen molar-refractivity contribution in [3.8, 4) is 0 Å². The second-order valence-electron chi connectivity index (χ2n) is 5.37. The molecule has 1 aliphatic carbocycles. The maximum Gasteiger partial charge on any atom is 0.155 e. The molecule has 0 saturated carbocycles. The standard InChI is InChI=1S/C13H21NO2/c1-13(2,3)12(16)11(14)8-9-4-6-10(15)7-5-9/h4-6,10-11,15H,7-8,14H2,1-3H3. The first-order valence-electron chi connectivity index (χ1n) is 5.66. The lowest BCUT2D eigenvalue weighted by Crippen LogP contribution is -2.39. The summed E-state index contributed by atoms with van der Waals surface area (Å²) in [4.78, 5) is 11.9. The molecule has 3 heteroatoms. The highest BCUT2D eigenvalue weighted by molar-refractivity contribution is 5.88. The van der Waals surface area contributed by atoms with Gasteiger partial charge in [0.15, 0.2) is 5.78 Å². The summed E-state index contributed by atoms with van der Waals surface area (Å²) in [5.41, 5.74) is 6.53. The minimum absolute atomic E-state index is 0.0768. The van der Waals surface area contributed by atoms with Crippen molar-refractivity contribution in [2.24, 2.45) is 11.1 Å². The highest BCUT2D eigenvalue weighted by Gasteiger charge is 2.27. The van der Waals surface area contributed by atoms with Crippen molar-refractivity contribution in [1.29, 1.82) is 0 Å². The van der Waals surface area contributed by atoms with E-state index in [0.717, 1.165) is 5.57 Å². The zero-order valence-corrected chi connectivity index (χ0v) is 10.2. The Kier molecular flexibility index (Phi) is 4.05. The Morgan fingerprint density at radius 1 is 1.62 bits per heavy atom. The van der Waals surface area contributed by atoms with Gasteiger partial charge in [-0.15, -0.1) is 0 Å². The van der Waals surface area contributed by atoms with Gasteiger partial charge >= 0.3 is 0 Å². The van der Waals surface area contributed by atoms with Crippen LogP contribution in [0.3, 0.4) is 0 Å². The van der Waals surface area contributed by atoms with Gasteiger partial charge in [0.2, 0.25) is 0 Å². The van der Waals surface area contributed by atoms with Crippen LogP contribution in [0.1, 0.15) is 33.6 Å². The van der Waals surface area contributed by atoms with Crippen molar-refractivity contribution in [3.05, 3.63) is 23.8 Å². The van der Waals surface area contributed by atoms with Crippen LogP contribution in [0, 0.1) is 5.41 Å². The van der Waals surface area contributed by atoms with Gasteiger partial charge in [0.05, 0.1) is 12.1 Å². The fourth-order valence-corrected chi connectivity index (χ4v) is 1.71. The number of nitrogens with two attached hydrogens (primary N) is 1. The molecule has 0 aromatic rings. The van der Waals surface area contributed by atoms with Crippen LogP contribution in [0.2, 0.25) is 0 Å². The third-order valence-corrected chi connectivity index (χ3v) is 2.69. The van der Waals surface area contributed by atoms with Gasteiger partial charge in [-0.25, -0.2) is 0 Å². The van der Waals surface area contributed by atoms with Crippen LogP contribution in [0.5, 0.6) is 0 Å². The average Bonchev–Trinajstić information content (AvgIpc) is 2.19. The molecular formula is C13H21NO2. The smallest absolute Gasteiger partial charge is 0.155 e. The lowest BCUT2D eigenvalue weighted by Gasteiger charge is -2.22. The van der Waals surface area contributed by atoms with E-state index in [4.69, 9.17) is 5.73 Å². The number of ketones is 1. The van der Waals surface area contributed by atoms with Crippen LogP contribution < -0.4 is 5.73 Å². The Balaban J connectivity index is 2.56. The minimum Gasteiger partial charge on any atom is -0.389 e. The molecule has 0 amide bonds. The highest BCUT2D eigenvalue weighted by atomic mass is 16.3. The van der Waals surface area contributed by atoms with Crippen LogP contribution in [0.15, 0.2) is 23.8 Å². The lowest BCUT2D eigenvalue weighted by atomic mass is 9.84. The molecule has 1 rings (SSSR count). The van der Waals surface area contributed by atoms with E-state index in [1.54, 1.807) is 6.08 Å². The first-order chi connectivity index (χ1) is 7.30. The molecule has 16 heavy (non-hydrogen) atoms. The molecule has 90 valence electrons. The van der Waals surface area contributed by atoms with Crippen molar-refractivity contribution < 1.29 is 9.90 Å². The van der Waals surface area contributed by atoms with Gasteiger partial charge in [0.1, 0.15) is 0 Å². The second kappa shape index (κ2) is 4.93. The first kappa shape index (κ1) is 13.1. The normalized spacial score (nSPS) is 22.8. The fraction of sp³-hybridized carbons (Fsp3) is 0.615. The van der Waals surface area contributed by atoms with Gasteiger partial charge in [0.25, 0.3) is 0 Å². The van der Waals surface area contributed by atoms with Crippen molar-refractivity contribution in [1.82, 2.24) is 0 Å². The number of allylic oxidation sites excluding steroid dienone is 1. The molecule has 0 aromatic carbocycles. The summed E-state index contributed by atoms with van der Waals surface area (Å²) in [6.07, 6.45) is 6.31. The molecule has 0 radical (unpaired) electrons. The first-order valence-corrected chi connectivity index (χ1v) is 5.66. The number of aliphatic hydroxyl groups excluding tert-OH is 1. The molecule has 0 fully saturated rings. The molecule has 3 N–H and O–H groups in total. The molecule has 0 heterocycles. The Morgan fingerprint density at radius 2 is 2.25 bits per heavy atom. The third-order valence-electron chi connectivity index (χ3n) is 2.69. The van der Waals surface area contributed by atoms with Gasteiger partial charge in [-0.2, -0.15) is 0 Å². The average molecular weight is 223 g/mol. The van der Waals surface area contributed by atoms with Crippen LogP contribution in [0.4, 0.5) is 0 Å². The number of hydrogen-bond acceptors (Lipinski definition) is 3. The summed E-state index contributed by atoms with van der Waals surface area (Å²) >= 11 is 0. The highest BCUT2D eigenvalue weighted by Crippen LogP contribution is 2.21. The predicted octanol–water partition coefficient (Wildman–Crippen LogP) is 1.57. The maximum absolute atomic E-state index is 11.9. The van der Waals surface area contributed by atoms with Crippen LogP contribution >= 0.6 is 0 Å². The monoisotopic (exact) mass is 223 g/mol. The molecule has 0 bridgehead atoms. The Bertz CT molecular complexity index is 323. The zero-order valence-electron chi connectivity index (χ0n) is 10.2. The largest absolute Gasteiger partial charge is 0.389 e. The summed E-state index contributed by atoms with van der Waals surface area (Å²) in [5.74, 6) is 0.0768. The number of Topliss-reactive ketones (excluding diaryl/α,β-unsaturated/α-hetero) is 1. The molecular weight excluding hydrogens is 202 g/mol. The van der Waals surface area contributed by atoms with Gasteiger partial charge in [-0.1, -0.05) is 44.6 Å². The molecule has 2 unspecified atom stereocenters. The number of rotatable bonds is 3. The molecule has 0 saturated heterocycles. The van der Waals surface area contributed by atoms with Crippen LogP contribution in [-0.4, -0.2) is 23.0 Å². The molecule has 0 aromatic heterocycles. The fourth-order valence-electron chi connectivity index (χ4n) is 1.71. The maximum atomic E-state index is 11.9. The van der Waals surface area contributed by atoms with E-state index in [2.05, 4.69) is 0 Å². The number of hydrogen-bond donors (Lipinski definition) is 2. The van der Waals surface area contributed by atoms with Crippen LogP contribution in [0.25, 0.3) is 0 Å². The summed E-state index contributed by atoms with van der Waals surface area (Å²) in [6.45, 7) is 5.64. The summed E-state index contributed by atoms with van der Waals surface area (Å²) in [7, 11) is 0. The SMILES string of the molecule is CC(C)(C)C(=O)C(N)CC1=CCC(O)C=C1. The topological polar surface area (TPSA) is 63.3 Å². The summed E-state index contributed by atoms with van der Waals surface area (Å²) < 4.78 is 0. The van der Waals surface area contributed by atoms with E-state index < -0.39 is 17.6 Å². The molecule has 3 nitrogen and oxygen atoms in total. The van der Waals surface area contributed by atoms with E-state index in [-0.39, 0.29) is 5.78 Å². The van der Waals surface area contributed by atoms with E-state index in [1.165, 1.54) is 0 Å². The lowest BCUT2D eigenvalue weighted by molar-refractivity contribution is -0.127. The van der Waals surface area contributed by atoms with Crippen molar-refractivity contribution in [2.45, 2.75) is 45.8 Å². The molecule has 0 aliphatic heterocycles. The van der Waals surface area contributed by atoms with E-state index in [9.17, 15) is 9.90 Å². The number of aliphatic hydroxyl groups is 1. The van der Waals surface area contributed by atoms with Gasteiger partial charge < -0.3 is 10.8 Å². The predicted molar refractivity (Wildman–Crippen MR) is 64.9 cm³/mol. The van der Waals surface area contributed by atoms with Gasteiger partial charge in [-0.3, -0.25) is 4.79 Å². The quantitative estimate of drug-likeness (QED) is 0.763. The molecule has 2 atom stereocenters. The summed E-state index contributed by atoms with van der Waals surface area (Å²) in [6, 6.07) is -0.453. The van der Waals surface area contributed by atoms with Crippen molar-refractivity contribution in [2.75, 3.05) is 0 Å². The van der Waals surface area contributed by atoms with Gasteiger partial charge in [0, 0.05) is 5.41 Å². The van der Waals surface area contributed by atoms with Gasteiger partial charge in [-0.05, 0) is 12.8 Å². The van der Waals surface area contributed by atoms with Crippen molar-refractivity contribution in [3.63, 3.8) is 0 Å². The van der Waals surface area contributed by atoms with E-state index in [1.807, 2.05) is 32.9 Å². The molecule has 0 spiro atoms. The van der Waals surface area contributed by atoms with Crippen LogP contribution in [-0.2, 0) is 4.79 Å². The van der Waals surface area contributed by atoms with E-state index >= 15 is 0 Å². The van der Waals surface area contributed by atoms with Crippen molar-refractivity contribution >= 4 is 5.78 Å². The Hall–Kier alpha value is -0.930. The summed E-state index contributed by atoms with van der Waals surface area (Å²) in [5, 5.41) is 9.27. The second-order valence-corrected chi connectivity index (χ2v) is 5.37. The number of carbonyl (C=O) groups is 1. The van der Waals surface area contributed by atoms with E-state index in [0.29, 0.717) is 12.8 Å². The Labute approximate surface area is 97.0 Å². The minimum atomic E-state index is -0.453.